The lowest BCUT2D eigenvalue weighted by molar-refractivity contribution is -0.118. The largest absolute Gasteiger partial charge is 0.355 e. The number of carbonyl (C=O) groups is 1. The molecule has 0 fully saturated rings. The van der Waals surface area contributed by atoms with E-state index in [1.807, 2.05) is 12.1 Å². The molecule has 0 unspecified atom stereocenters. The van der Waals surface area contributed by atoms with Crippen molar-refractivity contribution in [1.82, 2.24) is 5.32 Å². The summed E-state index contributed by atoms with van der Waals surface area (Å²) in [4.78, 5) is 12.0. The molecule has 0 aromatic carbocycles. The zero-order valence-electron chi connectivity index (χ0n) is 6.85. The summed E-state index contributed by atoms with van der Waals surface area (Å²) in [5.41, 5.74) is 0. The van der Waals surface area contributed by atoms with E-state index < -0.39 is 0 Å². The summed E-state index contributed by atoms with van der Waals surface area (Å²) >= 11 is 10.4. The minimum absolute atomic E-state index is 0.0163. The van der Waals surface area contributed by atoms with Crippen molar-refractivity contribution in [1.29, 1.82) is 0 Å². The molecule has 0 radical (unpaired) electrons. The number of alkyl halides is 1. The fourth-order valence-electron chi connectivity index (χ4n) is 0.858. The number of amides is 1. The highest BCUT2D eigenvalue weighted by molar-refractivity contribution is 9.09. The maximum Gasteiger partial charge on any atom is 0.230 e. The predicted molar refractivity (Wildman–Crippen MR) is 59.8 cm³/mol. The predicted octanol–water partition coefficient (Wildman–Crippen LogP) is 2.46. The Bertz CT molecular complexity index is 289. The third-order valence-corrected chi connectivity index (χ3v) is 3.24. The topological polar surface area (TPSA) is 29.1 Å². The van der Waals surface area contributed by atoms with Crippen molar-refractivity contribution in [2.24, 2.45) is 0 Å². The van der Waals surface area contributed by atoms with Crippen LogP contribution < -0.4 is 5.32 Å². The van der Waals surface area contributed by atoms with E-state index in [4.69, 9.17) is 11.6 Å². The number of thiophene rings is 1. The first-order chi connectivity index (χ1) is 6.22. The summed E-state index contributed by atoms with van der Waals surface area (Å²) < 4.78 is 0.793. The molecule has 0 aliphatic rings. The molecule has 13 heavy (non-hydrogen) atoms. The van der Waals surface area contributed by atoms with E-state index in [-0.39, 0.29) is 5.91 Å². The van der Waals surface area contributed by atoms with Crippen LogP contribution in [-0.4, -0.2) is 17.8 Å². The highest BCUT2D eigenvalue weighted by Gasteiger charge is 1.99. The van der Waals surface area contributed by atoms with E-state index in [0.29, 0.717) is 11.9 Å². The molecule has 0 saturated carbocycles. The lowest BCUT2D eigenvalue weighted by atomic mass is 10.3. The SMILES string of the molecule is O=C(CBr)NCCc1ccc(Cl)s1. The molecule has 0 aliphatic carbocycles. The summed E-state index contributed by atoms with van der Waals surface area (Å²) in [5, 5.41) is 3.13. The number of halogens is 2. The van der Waals surface area contributed by atoms with Crippen LogP contribution in [-0.2, 0) is 11.2 Å². The van der Waals surface area contributed by atoms with E-state index in [0.717, 1.165) is 10.8 Å². The van der Waals surface area contributed by atoms with Crippen LogP contribution in [0.1, 0.15) is 4.88 Å². The summed E-state index contributed by atoms with van der Waals surface area (Å²) in [7, 11) is 0. The van der Waals surface area contributed by atoms with Gasteiger partial charge in [-0.3, -0.25) is 4.79 Å². The number of rotatable bonds is 4. The highest BCUT2D eigenvalue weighted by atomic mass is 79.9. The van der Waals surface area contributed by atoms with Gasteiger partial charge in [0, 0.05) is 11.4 Å². The molecule has 1 amide bonds. The molecule has 0 saturated heterocycles. The Morgan fingerprint density at radius 1 is 1.62 bits per heavy atom. The summed E-state index contributed by atoms with van der Waals surface area (Å²) in [6.45, 7) is 0.668. The van der Waals surface area contributed by atoms with Crippen molar-refractivity contribution >= 4 is 44.8 Å². The van der Waals surface area contributed by atoms with Gasteiger partial charge in [-0.1, -0.05) is 27.5 Å². The van der Waals surface area contributed by atoms with Crippen LogP contribution in [0.25, 0.3) is 0 Å². The van der Waals surface area contributed by atoms with Crippen LogP contribution in [0.5, 0.6) is 0 Å². The van der Waals surface area contributed by atoms with Crippen molar-refractivity contribution < 1.29 is 4.79 Å². The quantitative estimate of drug-likeness (QED) is 0.845. The van der Waals surface area contributed by atoms with Gasteiger partial charge in [0.25, 0.3) is 0 Å². The van der Waals surface area contributed by atoms with Crippen molar-refractivity contribution in [3.8, 4) is 0 Å². The van der Waals surface area contributed by atoms with E-state index >= 15 is 0 Å². The Morgan fingerprint density at radius 2 is 2.38 bits per heavy atom. The molecular weight excluding hydrogens is 274 g/mol. The molecule has 2 nitrogen and oxygen atoms in total. The van der Waals surface area contributed by atoms with Crippen LogP contribution in [0.4, 0.5) is 0 Å². The second kappa shape index (κ2) is 5.62. The van der Waals surface area contributed by atoms with Gasteiger partial charge >= 0.3 is 0 Å². The maximum absolute atomic E-state index is 10.8. The zero-order valence-corrected chi connectivity index (χ0v) is 10.0. The van der Waals surface area contributed by atoms with Gasteiger partial charge in [0.1, 0.15) is 0 Å². The lowest BCUT2D eigenvalue weighted by Gasteiger charge is -1.99. The standard InChI is InChI=1S/C8H9BrClNOS/c9-5-8(12)11-4-3-6-1-2-7(10)13-6/h1-2H,3-5H2,(H,11,12). The van der Waals surface area contributed by atoms with Gasteiger partial charge in [-0.05, 0) is 18.6 Å². The second-order valence-electron chi connectivity index (χ2n) is 2.44. The molecule has 1 aromatic rings. The average Bonchev–Trinajstić information content (AvgIpc) is 2.51. The first-order valence-electron chi connectivity index (χ1n) is 3.79. The van der Waals surface area contributed by atoms with Crippen LogP contribution >= 0.6 is 38.9 Å². The van der Waals surface area contributed by atoms with Crippen molar-refractivity contribution in [2.75, 3.05) is 11.9 Å². The molecule has 1 aromatic heterocycles. The van der Waals surface area contributed by atoms with Crippen LogP contribution in [0.15, 0.2) is 12.1 Å². The van der Waals surface area contributed by atoms with Crippen LogP contribution in [0.2, 0.25) is 4.34 Å². The minimum Gasteiger partial charge on any atom is -0.355 e. The Kier molecular flexibility index (Phi) is 4.77. The molecule has 0 bridgehead atoms. The molecule has 5 heteroatoms. The van der Waals surface area contributed by atoms with Crippen molar-refractivity contribution in [3.63, 3.8) is 0 Å². The maximum atomic E-state index is 10.8. The molecule has 72 valence electrons. The Labute approximate surface area is 94.4 Å². The highest BCUT2D eigenvalue weighted by Crippen LogP contribution is 2.21. The number of nitrogens with one attached hydrogen (secondary N) is 1. The first-order valence-corrected chi connectivity index (χ1v) is 6.11. The number of hydrogen-bond donors (Lipinski definition) is 1. The molecule has 1 heterocycles. The monoisotopic (exact) mass is 281 g/mol. The third kappa shape index (κ3) is 4.11. The van der Waals surface area contributed by atoms with Gasteiger partial charge in [-0.15, -0.1) is 11.3 Å². The van der Waals surface area contributed by atoms with E-state index in [9.17, 15) is 4.79 Å². The van der Waals surface area contributed by atoms with Gasteiger partial charge in [-0.25, -0.2) is 0 Å². The second-order valence-corrected chi connectivity index (χ2v) is 4.80. The minimum atomic E-state index is 0.0163. The van der Waals surface area contributed by atoms with Gasteiger partial charge < -0.3 is 5.32 Å². The first kappa shape index (κ1) is 11.0. The summed E-state index contributed by atoms with van der Waals surface area (Å²) in [6.07, 6.45) is 0.843. The Morgan fingerprint density at radius 3 is 2.92 bits per heavy atom. The molecule has 0 spiro atoms. The van der Waals surface area contributed by atoms with Crippen LogP contribution in [0, 0.1) is 0 Å². The Balaban J connectivity index is 2.24. The molecule has 1 rings (SSSR count). The van der Waals surface area contributed by atoms with E-state index in [1.165, 1.54) is 4.88 Å². The van der Waals surface area contributed by atoms with Crippen LogP contribution in [0.3, 0.4) is 0 Å². The smallest absolute Gasteiger partial charge is 0.230 e. The van der Waals surface area contributed by atoms with E-state index in [1.54, 1.807) is 11.3 Å². The molecule has 0 atom stereocenters. The van der Waals surface area contributed by atoms with Crippen molar-refractivity contribution in [3.05, 3.63) is 21.3 Å². The van der Waals surface area contributed by atoms with Gasteiger partial charge in [-0.2, -0.15) is 0 Å². The normalized spacial score (nSPS) is 10.0. The molecule has 0 aliphatic heterocycles. The van der Waals surface area contributed by atoms with E-state index in [2.05, 4.69) is 21.2 Å². The summed E-state index contributed by atoms with van der Waals surface area (Å²) in [5.74, 6) is 0.0163. The lowest BCUT2D eigenvalue weighted by Crippen LogP contribution is -2.26. The fourth-order valence-corrected chi connectivity index (χ4v) is 2.14. The zero-order chi connectivity index (χ0) is 9.68. The fraction of sp³-hybridized carbons (Fsp3) is 0.375. The Hall–Kier alpha value is -0.0600. The molecule has 1 N–H and O–H groups in total. The number of hydrogen-bond acceptors (Lipinski definition) is 2. The van der Waals surface area contributed by atoms with Crippen molar-refractivity contribution in [2.45, 2.75) is 6.42 Å². The third-order valence-electron chi connectivity index (χ3n) is 1.44. The van der Waals surface area contributed by atoms with Gasteiger partial charge in [0.15, 0.2) is 0 Å². The number of carbonyl (C=O) groups excluding carboxylic acids is 1. The van der Waals surface area contributed by atoms with Gasteiger partial charge in [0.2, 0.25) is 5.91 Å². The summed E-state index contributed by atoms with van der Waals surface area (Å²) in [6, 6.07) is 3.85. The average molecular weight is 283 g/mol. The van der Waals surface area contributed by atoms with Gasteiger partial charge in [0.05, 0.1) is 9.67 Å². The molecular formula is C8H9BrClNOS.